The molecule has 0 aliphatic carbocycles. The molecule has 1 fully saturated rings. The standard InChI is InChI=1S/C20H21N5O/c1-3-16(13-21-7-1)15-25-11-5-17(6-12-25)19-20(24-10-9-23-19)26-18-4-2-8-22-14-18/h1-4,7-10,13-14,17H,5-6,11-12,15H2. The van der Waals surface area contributed by atoms with Crippen molar-refractivity contribution < 1.29 is 4.74 Å². The zero-order valence-corrected chi connectivity index (χ0v) is 14.5. The maximum absolute atomic E-state index is 5.93. The summed E-state index contributed by atoms with van der Waals surface area (Å²) in [6, 6.07) is 7.84. The van der Waals surface area contributed by atoms with Crippen LogP contribution in [0.15, 0.2) is 61.4 Å². The molecule has 1 aliphatic rings. The highest BCUT2D eigenvalue weighted by Crippen LogP contribution is 2.33. The van der Waals surface area contributed by atoms with Gasteiger partial charge in [-0.3, -0.25) is 19.9 Å². The van der Waals surface area contributed by atoms with Crippen LogP contribution in [0.2, 0.25) is 0 Å². The Morgan fingerprint density at radius 3 is 2.42 bits per heavy atom. The first kappa shape index (κ1) is 16.6. The van der Waals surface area contributed by atoms with Gasteiger partial charge in [-0.15, -0.1) is 0 Å². The van der Waals surface area contributed by atoms with Crippen LogP contribution in [0.1, 0.15) is 30.0 Å². The fourth-order valence-electron chi connectivity index (χ4n) is 3.33. The van der Waals surface area contributed by atoms with E-state index in [9.17, 15) is 0 Å². The number of hydrogen-bond acceptors (Lipinski definition) is 6. The zero-order valence-electron chi connectivity index (χ0n) is 14.5. The predicted octanol–water partition coefficient (Wildman–Crippen LogP) is 3.44. The Balaban J connectivity index is 1.41. The van der Waals surface area contributed by atoms with Crippen molar-refractivity contribution in [3.8, 4) is 11.6 Å². The molecule has 3 aromatic heterocycles. The van der Waals surface area contributed by atoms with Crippen molar-refractivity contribution in [3.05, 3.63) is 72.7 Å². The lowest BCUT2D eigenvalue weighted by Crippen LogP contribution is -2.32. The third kappa shape index (κ3) is 4.03. The number of ether oxygens (including phenoxy) is 1. The molecule has 0 saturated carbocycles. The monoisotopic (exact) mass is 347 g/mol. The van der Waals surface area contributed by atoms with Crippen LogP contribution in [0.5, 0.6) is 11.6 Å². The SMILES string of the molecule is c1cncc(CN2CCC(c3nccnc3Oc3cccnc3)CC2)c1. The second-order valence-electron chi connectivity index (χ2n) is 6.45. The molecule has 0 unspecified atom stereocenters. The lowest BCUT2D eigenvalue weighted by Gasteiger charge is -2.31. The minimum atomic E-state index is 0.362. The first-order valence-electron chi connectivity index (χ1n) is 8.88. The van der Waals surface area contributed by atoms with Gasteiger partial charge in [0, 0.05) is 43.4 Å². The highest BCUT2D eigenvalue weighted by molar-refractivity contribution is 5.29. The number of likely N-dealkylation sites (tertiary alicyclic amines) is 1. The molecule has 0 aromatic carbocycles. The maximum Gasteiger partial charge on any atom is 0.241 e. The van der Waals surface area contributed by atoms with Gasteiger partial charge in [0.2, 0.25) is 5.88 Å². The number of pyridine rings is 2. The summed E-state index contributed by atoms with van der Waals surface area (Å²) in [5.74, 6) is 1.63. The van der Waals surface area contributed by atoms with Crippen molar-refractivity contribution in [3.63, 3.8) is 0 Å². The lowest BCUT2D eigenvalue weighted by molar-refractivity contribution is 0.201. The average Bonchev–Trinajstić information content (AvgIpc) is 2.71. The van der Waals surface area contributed by atoms with Gasteiger partial charge in [0.15, 0.2) is 0 Å². The highest BCUT2D eigenvalue weighted by Gasteiger charge is 2.25. The summed E-state index contributed by atoms with van der Waals surface area (Å²) in [4.78, 5) is 19.7. The Bertz CT molecular complexity index is 820. The summed E-state index contributed by atoms with van der Waals surface area (Å²) >= 11 is 0. The van der Waals surface area contributed by atoms with E-state index in [1.54, 1.807) is 24.8 Å². The topological polar surface area (TPSA) is 64.0 Å². The van der Waals surface area contributed by atoms with Gasteiger partial charge in [-0.2, -0.15) is 0 Å². The van der Waals surface area contributed by atoms with Gasteiger partial charge in [-0.1, -0.05) is 6.07 Å². The molecule has 1 aliphatic heterocycles. The smallest absolute Gasteiger partial charge is 0.241 e. The van der Waals surface area contributed by atoms with Crippen LogP contribution in [0.4, 0.5) is 0 Å². The van der Waals surface area contributed by atoms with E-state index in [2.05, 4.69) is 30.9 Å². The van der Waals surface area contributed by atoms with Crippen LogP contribution in [-0.4, -0.2) is 37.9 Å². The van der Waals surface area contributed by atoms with Crippen LogP contribution in [-0.2, 0) is 6.54 Å². The molecule has 4 heterocycles. The summed E-state index contributed by atoms with van der Waals surface area (Å²) < 4.78 is 5.93. The van der Waals surface area contributed by atoms with Crippen LogP contribution in [0.3, 0.4) is 0 Å². The van der Waals surface area contributed by atoms with Crippen LogP contribution >= 0.6 is 0 Å². The molecule has 6 heteroatoms. The number of hydrogen-bond donors (Lipinski definition) is 0. The molecule has 0 amide bonds. The van der Waals surface area contributed by atoms with E-state index in [0.717, 1.165) is 38.2 Å². The van der Waals surface area contributed by atoms with Crippen LogP contribution < -0.4 is 4.74 Å². The Kier molecular flexibility index (Phi) is 5.12. The van der Waals surface area contributed by atoms with E-state index in [-0.39, 0.29) is 0 Å². The molecule has 0 bridgehead atoms. The van der Waals surface area contributed by atoms with Gasteiger partial charge in [0.05, 0.1) is 6.20 Å². The summed E-state index contributed by atoms with van der Waals surface area (Å²) in [5.41, 5.74) is 2.20. The summed E-state index contributed by atoms with van der Waals surface area (Å²) in [7, 11) is 0. The summed E-state index contributed by atoms with van der Waals surface area (Å²) in [6.45, 7) is 3.00. The largest absolute Gasteiger partial charge is 0.436 e. The summed E-state index contributed by atoms with van der Waals surface area (Å²) in [6.07, 6.45) is 12.7. The molecule has 0 spiro atoms. The molecular formula is C20H21N5O. The molecule has 4 rings (SSSR count). The van der Waals surface area contributed by atoms with Gasteiger partial charge in [0.25, 0.3) is 0 Å². The molecular weight excluding hydrogens is 326 g/mol. The molecule has 0 atom stereocenters. The Morgan fingerprint density at radius 1 is 0.923 bits per heavy atom. The second-order valence-corrected chi connectivity index (χ2v) is 6.45. The van der Waals surface area contributed by atoms with Gasteiger partial charge >= 0.3 is 0 Å². The molecule has 132 valence electrons. The molecule has 0 N–H and O–H groups in total. The predicted molar refractivity (Wildman–Crippen MR) is 97.8 cm³/mol. The minimum absolute atomic E-state index is 0.362. The molecule has 0 radical (unpaired) electrons. The fraction of sp³-hybridized carbons (Fsp3) is 0.300. The van der Waals surface area contributed by atoms with Crippen LogP contribution in [0, 0.1) is 0 Å². The average molecular weight is 347 g/mol. The van der Waals surface area contributed by atoms with Crippen molar-refractivity contribution >= 4 is 0 Å². The van der Waals surface area contributed by atoms with E-state index in [1.165, 1.54) is 5.56 Å². The van der Waals surface area contributed by atoms with Gasteiger partial charge in [0.1, 0.15) is 11.4 Å². The minimum Gasteiger partial charge on any atom is -0.436 e. The third-order valence-electron chi connectivity index (χ3n) is 4.64. The van der Waals surface area contributed by atoms with E-state index < -0.39 is 0 Å². The quantitative estimate of drug-likeness (QED) is 0.704. The molecule has 26 heavy (non-hydrogen) atoms. The van der Waals surface area contributed by atoms with E-state index in [4.69, 9.17) is 4.74 Å². The Morgan fingerprint density at radius 2 is 1.69 bits per heavy atom. The number of aromatic nitrogens is 4. The zero-order chi connectivity index (χ0) is 17.6. The van der Waals surface area contributed by atoms with Crippen molar-refractivity contribution in [1.82, 2.24) is 24.8 Å². The Labute approximate surface area is 152 Å². The number of nitrogens with zero attached hydrogens (tertiary/aromatic N) is 5. The normalized spacial score (nSPS) is 15.7. The second kappa shape index (κ2) is 8.01. The first-order valence-corrected chi connectivity index (χ1v) is 8.88. The van der Waals surface area contributed by atoms with E-state index in [1.807, 2.05) is 30.6 Å². The number of rotatable bonds is 5. The molecule has 1 saturated heterocycles. The van der Waals surface area contributed by atoms with E-state index in [0.29, 0.717) is 17.5 Å². The number of piperidine rings is 1. The Hall–Kier alpha value is -2.86. The van der Waals surface area contributed by atoms with Crippen molar-refractivity contribution in [1.29, 1.82) is 0 Å². The lowest BCUT2D eigenvalue weighted by atomic mass is 9.93. The van der Waals surface area contributed by atoms with Crippen molar-refractivity contribution in [2.45, 2.75) is 25.3 Å². The maximum atomic E-state index is 5.93. The van der Waals surface area contributed by atoms with E-state index >= 15 is 0 Å². The van der Waals surface area contributed by atoms with Gasteiger partial charge in [-0.05, 0) is 49.7 Å². The van der Waals surface area contributed by atoms with Crippen LogP contribution in [0.25, 0.3) is 0 Å². The molecule has 6 nitrogen and oxygen atoms in total. The van der Waals surface area contributed by atoms with Gasteiger partial charge in [-0.25, -0.2) is 4.98 Å². The molecule has 3 aromatic rings. The third-order valence-corrected chi connectivity index (χ3v) is 4.64. The van der Waals surface area contributed by atoms with Gasteiger partial charge < -0.3 is 4.74 Å². The summed E-state index contributed by atoms with van der Waals surface area (Å²) in [5, 5.41) is 0. The first-order chi connectivity index (χ1) is 12.9. The highest BCUT2D eigenvalue weighted by atomic mass is 16.5. The fourth-order valence-corrected chi connectivity index (χ4v) is 3.33. The van der Waals surface area contributed by atoms with Crippen molar-refractivity contribution in [2.75, 3.05) is 13.1 Å². The van der Waals surface area contributed by atoms with Crippen molar-refractivity contribution in [2.24, 2.45) is 0 Å².